The highest BCUT2D eigenvalue weighted by atomic mass is 32.2. The minimum absolute atomic E-state index is 0.121. The topological polar surface area (TPSA) is 73.0 Å². The van der Waals surface area contributed by atoms with E-state index in [9.17, 15) is 18.4 Å². The Bertz CT molecular complexity index is 1770. The fraction of sp³-hybridized carbons (Fsp3) is 0.545. The summed E-state index contributed by atoms with van der Waals surface area (Å²) in [6.45, 7) is 7.60. The first-order valence-electron chi connectivity index (χ1n) is 15.8. The number of likely N-dealkylation sites (tertiary alicyclic amines) is 1. The number of thiophene rings is 1. The molecular weight excluding hydrogens is 616 g/mol. The van der Waals surface area contributed by atoms with Crippen LogP contribution in [0.2, 0.25) is 0 Å². The zero-order chi connectivity index (χ0) is 31.3. The number of alkyl halides is 3. The maximum atomic E-state index is 13.2. The van der Waals surface area contributed by atoms with Crippen LogP contribution in [0.25, 0.3) is 21.1 Å². The average Bonchev–Trinajstić information content (AvgIpc) is 3.80. The third kappa shape index (κ3) is 6.11. The van der Waals surface area contributed by atoms with Crippen LogP contribution in [0.1, 0.15) is 47.4 Å². The molecule has 45 heavy (non-hydrogen) atoms. The molecule has 3 fully saturated rings. The summed E-state index contributed by atoms with van der Waals surface area (Å²) in [4.78, 5) is 14.9. The molecule has 7 nitrogen and oxygen atoms in total. The van der Waals surface area contributed by atoms with E-state index in [2.05, 4.69) is 55.9 Å². The van der Waals surface area contributed by atoms with Gasteiger partial charge in [-0.05, 0) is 85.9 Å². The summed E-state index contributed by atoms with van der Waals surface area (Å²) in [6.07, 6.45) is -0.679. The van der Waals surface area contributed by atoms with Gasteiger partial charge in [-0.3, -0.25) is 4.90 Å². The van der Waals surface area contributed by atoms with Crippen molar-refractivity contribution in [3.63, 3.8) is 0 Å². The van der Waals surface area contributed by atoms with Crippen LogP contribution in [-0.2, 0) is 19.5 Å². The zero-order valence-corrected chi connectivity index (χ0v) is 27.3. The molecule has 1 N–H and O–H groups in total. The Morgan fingerprint density at radius 1 is 1.09 bits per heavy atom. The highest BCUT2D eigenvalue weighted by Crippen LogP contribution is 2.44. The highest BCUT2D eigenvalue weighted by molar-refractivity contribution is 7.99. The van der Waals surface area contributed by atoms with E-state index in [1.54, 1.807) is 13.1 Å². The summed E-state index contributed by atoms with van der Waals surface area (Å²) in [5, 5.41) is 14.8. The molecule has 6 heterocycles. The number of thioether (sulfide) groups is 1. The molecule has 1 unspecified atom stereocenters. The molecule has 0 bridgehead atoms. The van der Waals surface area contributed by atoms with Crippen molar-refractivity contribution >= 4 is 56.0 Å². The largest absolute Gasteiger partial charge is 0.393 e. The molecule has 238 valence electrons. The smallest absolute Gasteiger partial charge is 0.357 e. The Balaban J connectivity index is 1.08. The number of hydrogen-bond donors (Lipinski definition) is 1. The maximum Gasteiger partial charge on any atom is 0.393 e. The lowest BCUT2D eigenvalue weighted by Gasteiger charge is -2.26. The minimum Gasteiger partial charge on any atom is -0.357 e. The molecule has 7 rings (SSSR count). The van der Waals surface area contributed by atoms with Gasteiger partial charge >= 0.3 is 6.18 Å². The second-order valence-electron chi connectivity index (χ2n) is 13.1. The standard InChI is InChI=1S/C33H38F3N7S2/c1-21-23(3-4-28-26(21)13-24(16-37)43(28)17-22-5-11-44-12-6-22)18-41-9-7-32(19-41)8-10-42(20-32)29-27-14-25(15-33(34,35)36)45-30(27)40-31(38-2)39-29/h3-4,13-14,22H,5-12,15,17-20H2,1-2H3,(H,38,39,40). The molecule has 1 spiro atoms. The first-order valence-corrected chi connectivity index (χ1v) is 17.7. The first-order chi connectivity index (χ1) is 21.6. The van der Waals surface area contributed by atoms with E-state index in [1.165, 1.54) is 46.4 Å². The van der Waals surface area contributed by atoms with Crippen molar-refractivity contribution in [3.05, 3.63) is 46.0 Å². The third-order valence-corrected chi connectivity index (χ3v) is 12.1. The zero-order valence-electron chi connectivity index (χ0n) is 25.7. The number of anilines is 2. The molecular formula is C33H38F3N7S2. The van der Waals surface area contributed by atoms with Crippen molar-refractivity contribution in [2.45, 2.75) is 58.3 Å². The Labute approximate surface area is 269 Å². The summed E-state index contributed by atoms with van der Waals surface area (Å²) < 4.78 is 41.7. The SMILES string of the molecule is CNc1nc(N2CCC3(CCN(Cc4ccc5c(cc(C#N)n5CC5CCSCC5)c4C)C3)C2)c2cc(CC(F)(F)F)sc2n1. The van der Waals surface area contributed by atoms with Gasteiger partial charge in [0.05, 0.1) is 11.8 Å². The van der Waals surface area contributed by atoms with Gasteiger partial charge in [0.25, 0.3) is 0 Å². The van der Waals surface area contributed by atoms with Crippen LogP contribution in [0.5, 0.6) is 0 Å². The molecule has 3 saturated heterocycles. The van der Waals surface area contributed by atoms with E-state index in [0.717, 1.165) is 75.0 Å². The van der Waals surface area contributed by atoms with Crippen molar-refractivity contribution in [2.24, 2.45) is 11.3 Å². The number of rotatable bonds is 7. The van der Waals surface area contributed by atoms with E-state index in [1.807, 2.05) is 11.8 Å². The third-order valence-electron chi connectivity index (χ3n) is 10.0. The number of nitrogens with one attached hydrogen (secondary N) is 1. The van der Waals surface area contributed by atoms with Crippen molar-refractivity contribution in [2.75, 3.05) is 54.9 Å². The van der Waals surface area contributed by atoms with Crippen molar-refractivity contribution in [1.82, 2.24) is 19.4 Å². The molecule has 4 aromatic rings. The van der Waals surface area contributed by atoms with Crippen LogP contribution in [0.3, 0.4) is 0 Å². The van der Waals surface area contributed by atoms with Gasteiger partial charge in [0.2, 0.25) is 5.95 Å². The predicted molar refractivity (Wildman–Crippen MR) is 177 cm³/mol. The number of nitrogens with zero attached hydrogens (tertiary/aromatic N) is 6. The molecule has 12 heteroatoms. The van der Waals surface area contributed by atoms with Gasteiger partial charge in [-0.1, -0.05) is 6.07 Å². The first kappa shape index (κ1) is 30.6. The summed E-state index contributed by atoms with van der Waals surface area (Å²) in [6, 6.07) is 10.6. The molecule has 3 aromatic heterocycles. The number of halogens is 3. The Kier molecular flexibility index (Phi) is 8.15. The van der Waals surface area contributed by atoms with Crippen molar-refractivity contribution in [3.8, 4) is 6.07 Å². The number of hydrogen-bond acceptors (Lipinski definition) is 8. The lowest BCUT2D eigenvalue weighted by Crippen LogP contribution is -2.31. The molecule has 3 aliphatic rings. The highest BCUT2D eigenvalue weighted by Gasteiger charge is 2.44. The number of benzene rings is 1. The fourth-order valence-electron chi connectivity index (χ4n) is 7.62. The summed E-state index contributed by atoms with van der Waals surface area (Å²) in [5.74, 6) is 4.22. The van der Waals surface area contributed by atoms with E-state index >= 15 is 0 Å². The maximum absolute atomic E-state index is 13.2. The molecule has 0 radical (unpaired) electrons. The van der Waals surface area contributed by atoms with Crippen LogP contribution in [0.4, 0.5) is 24.9 Å². The second kappa shape index (κ2) is 12.0. The summed E-state index contributed by atoms with van der Waals surface area (Å²) >= 11 is 3.13. The van der Waals surface area contributed by atoms with Gasteiger partial charge in [0, 0.05) is 61.0 Å². The molecule has 1 aromatic carbocycles. The lowest BCUT2D eigenvalue weighted by molar-refractivity contribution is -0.126. The predicted octanol–water partition coefficient (Wildman–Crippen LogP) is 7.22. The molecule has 0 amide bonds. The van der Waals surface area contributed by atoms with Crippen LogP contribution < -0.4 is 10.2 Å². The van der Waals surface area contributed by atoms with Gasteiger partial charge in [-0.15, -0.1) is 11.3 Å². The quantitative estimate of drug-likeness (QED) is 0.226. The summed E-state index contributed by atoms with van der Waals surface area (Å²) in [5.41, 5.74) is 4.60. The van der Waals surface area contributed by atoms with E-state index in [0.29, 0.717) is 22.1 Å². The number of nitriles is 1. The average molecular weight is 654 g/mol. The van der Waals surface area contributed by atoms with Crippen LogP contribution in [-0.4, -0.2) is 70.3 Å². The fourth-order valence-corrected chi connectivity index (χ4v) is 9.87. The van der Waals surface area contributed by atoms with Crippen LogP contribution in [0, 0.1) is 29.6 Å². The number of fused-ring (bicyclic) bond motifs is 2. The van der Waals surface area contributed by atoms with Crippen molar-refractivity contribution < 1.29 is 13.2 Å². The van der Waals surface area contributed by atoms with Crippen LogP contribution in [0.15, 0.2) is 24.3 Å². The molecule has 1 atom stereocenters. The van der Waals surface area contributed by atoms with Gasteiger partial charge < -0.3 is 14.8 Å². The Morgan fingerprint density at radius 2 is 1.89 bits per heavy atom. The van der Waals surface area contributed by atoms with Crippen LogP contribution >= 0.6 is 23.1 Å². The number of aromatic nitrogens is 3. The van der Waals surface area contributed by atoms with Gasteiger partial charge in [0.15, 0.2) is 0 Å². The van der Waals surface area contributed by atoms with E-state index in [-0.39, 0.29) is 10.3 Å². The van der Waals surface area contributed by atoms with Gasteiger partial charge in [-0.25, -0.2) is 4.98 Å². The Morgan fingerprint density at radius 3 is 2.64 bits per heavy atom. The lowest BCUT2D eigenvalue weighted by atomic mass is 9.86. The van der Waals surface area contributed by atoms with E-state index in [4.69, 9.17) is 4.98 Å². The monoisotopic (exact) mass is 653 g/mol. The number of aryl methyl sites for hydroxylation is 1. The normalized spacial score (nSPS) is 21.5. The molecule has 3 aliphatic heterocycles. The van der Waals surface area contributed by atoms with Gasteiger partial charge in [0.1, 0.15) is 22.4 Å². The van der Waals surface area contributed by atoms with Gasteiger partial charge in [-0.2, -0.15) is 35.2 Å². The summed E-state index contributed by atoms with van der Waals surface area (Å²) in [7, 11) is 1.74. The second-order valence-corrected chi connectivity index (χ2v) is 15.4. The Hall–Kier alpha value is -3.01. The van der Waals surface area contributed by atoms with E-state index < -0.39 is 12.6 Å². The molecule has 0 aliphatic carbocycles. The molecule has 0 saturated carbocycles. The van der Waals surface area contributed by atoms with Crippen molar-refractivity contribution in [1.29, 1.82) is 5.26 Å². The minimum atomic E-state index is -4.26.